The third-order valence-corrected chi connectivity index (χ3v) is 6.79. The number of primary amides is 1. The van der Waals surface area contributed by atoms with Gasteiger partial charge in [0.2, 0.25) is 0 Å². The topological polar surface area (TPSA) is 85.5 Å². The molecule has 4 N–H and O–H groups in total. The number of hydrogen-bond donors (Lipinski definition) is 2. The number of hydrogen-bond acceptors (Lipinski definition) is 4. The summed E-state index contributed by atoms with van der Waals surface area (Å²) in [7, 11) is 0. The van der Waals surface area contributed by atoms with Crippen molar-refractivity contribution >= 4 is 32.8 Å². The number of rotatable bonds is 8. The molecule has 1 aromatic heterocycles. The molecule has 0 spiro atoms. The Bertz CT molecular complexity index is 1240. The van der Waals surface area contributed by atoms with Crippen LogP contribution in [0.4, 0.5) is 0 Å². The van der Waals surface area contributed by atoms with Crippen molar-refractivity contribution in [3.05, 3.63) is 81.7 Å². The molecule has 5 nitrogen and oxygen atoms in total. The van der Waals surface area contributed by atoms with Gasteiger partial charge in [-0.15, -0.1) is 0 Å². The van der Waals surface area contributed by atoms with Crippen LogP contribution in [-0.4, -0.2) is 10.8 Å². The molecule has 4 rings (SSSR count). The number of aryl methyl sites for hydroxylation is 1. The summed E-state index contributed by atoms with van der Waals surface area (Å²) in [6, 6.07) is 14.2. The number of nitrogens with two attached hydrogens (primary N) is 2. The van der Waals surface area contributed by atoms with Gasteiger partial charge in [0.25, 0.3) is 5.91 Å². The van der Waals surface area contributed by atoms with Crippen LogP contribution in [0.1, 0.15) is 37.3 Å². The van der Waals surface area contributed by atoms with Crippen molar-refractivity contribution in [1.29, 1.82) is 0 Å². The van der Waals surface area contributed by atoms with Gasteiger partial charge in [0.1, 0.15) is 17.0 Å². The third kappa shape index (κ3) is 4.19. The molecule has 0 aliphatic heterocycles. The zero-order chi connectivity index (χ0) is 23.0. The van der Waals surface area contributed by atoms with Gasteiger partial charge < -0.3 is 20.8 Å². The first-order chi connectivity index (χ1) is 15.3. The zero-order valence-electron chi connectivity index (χ0n) is 18.5. The van der Waals surface area contributed by atoms with E-state index >= 15 is 0 Å². The van der Waals surface area contributed by atoms with Crippen LogP contribution in [0.2, 0.25) is 0 Å². The predicted molar refractivity (Wildman–Crippen MR) is 132 cm³/mol. The van der Waals surface area contributed by atoms with E-state index in [9.17, 15) is 4.79 Å². The average Bonchev–Trinajstić information content (AvgIpc) is 3.58. The number of allylic oxidation sites excluding steroid dienone is 2. The summed E-state index contributed by atoms with van der Waals surface area (Å²) in [5.74, 6) is 0.518. The molecule has 0 unspecified atom stereocenters. The molecule has 0 radical (unpaired) electrons. The van der Waals surface area contributed by atoms with E-state index in [1.165, 1.54) is 0 Å². The monoisotopic (exact) mass is 493 g/mol. The second-order valence-electron chi connectivity index (χ2n) is 8.34. The van der Waals surface area contributed by atoms with Gasteiger partial charge in [0.05, 0.1) is 4.47 Å². The predicted octanol–water partition coefficient (Wildman–Crippen LogP) is 5.96. The minimum Gasteiger partial charge on any atom is -0.455 e. The summed E-state index contributed by atoms with van der Waals surface area (Å²) < 4.78 is 7.09. The van der Waals surface area contributed by atoms with E-state index in [0.717, 1.165) is 56.4 Å². The van der Waals surface area contributed by atoms with Crippen LogP contribution in [0.15, 0.2) is 75.0 Å². The standard InChI is InChI=1S/C26H28BrN3O2/c1-4-16(3)30(24(26(29)31)23(28)18-10-11-18)14-17-9-12-21-20(13-17)22(27)25(32-21)19-8-6-5-7-15(19)2/h5-9,12-13,18H,3-4,10-11,14,28H2,1-2H3,(H2,29,31)/b24-23-. The Labute approximate surface area is 196 Å². The fourth-order valence-electron chi connectivity index (χ4n) is 3.96. The lowest BCUT2D eigenvalue weighted by molar-refractivity contribution is -0.116. The molecule has 0 bridgehead atoms. The molecule has 1 aliphatic carbocycles. The average molecular weight is 494 g/mol. The molecular formula is C26H28BrN3O2. The molecule has 1 fully saturated rings. The van der Waals surface area contributed by atoms with Crippen LogP contribution in [0.25, 0.3) is 22.3 Å². The molecule has 0 saturated heterocycles. The lowest BCUT2D eigenvalue weighted by Gasteiger charge is -2.29. The Morgan fingerprint density at radius 1 is 1.22 bits per heavy atom. The lowest BCUT2D eigenvalue weighted by Crippen LogP contribution is -2.33. The number of halogens is 1. The van der Waals surface area contributed by atoms with E-state index in [2.05, 4.69) is 47.6 Å². The highest BCUT2D eigenvalue weighted by atomic mass is 79.9. The lowest BCUT2D eigenvalue weighted by atomic mass is 10.1. The highest BCUT2D eigenvalue weighted by Crippen LogP contribution is 2.40. The van der Waals surface area contributed by atoms with Crippen LogP contribution in [0.5, 0.6) is 0 Å². The van der Waals surface area contributed by atoms with Crippen molar-refractivity contribution in [2.75, 3.05) is 0 Å². The Morgan fingerprint density at radius 3 is 2.56 bits per heavy atom. The quantitative estimate of drug-likeness (QED) is 0.379. The molecule has 2 aromatic carbocycles. The highest BCUT2D eigenvalue weighted by molar-refractivity contribution is 9.10. The fourth-order valence-corrected chi connectivity index (χ4v) is 4.56. The van der Waals surface area contributed by atoms with E-state index in [1.54, 1.807) is 0 Å². The van der Waals surface area contributed by atoms with Crippen LogP contribution < -0.4 is 11.5 Å². The largest absolute Gasteiger partial charge is 0.455 e. The maximum Gasteiger partial charge on any atom is 0.267 e. The smallest absolute Gasteiger partial charge is 0.267 e. The number of fused-ring (bicyclic) bond motifs is 1. The van der Waals surface area contributed by atoms with Crippen molar-refractivity contribution in [3.63, 3.8) is 0 Å². The third-order valence-electron chi connectivity index (χ3n) is 6.01. The van der Waals surface area contributed by atoms with Gasteiger partial charge in [-0.25, -0.2) is 0 Å². The van der Waals surface area contributed by atoms with Crippen molar-refractivity contribution in [1.82, 2.24) is 4.90 Å². The molecular weight excluding hydrogens is 466 g/mol. The SMILES string of the molecule is C=C(CC)N(Cc1ccc2oc(-c3ccccc3C)c(Br)c2c1)/C(C(N)=O)=C(\N)C1CC1. The summed E-state index contributed by atoms with van der Waals surface area (Å²) in [6.07, 6.45) is 2.67. The van der Waals surface area contributed by atoms with Crippen LogP contribution in [0, 0.1) is 12.8 Å². The Morgan fingerprint density at radius 2 is 1.94 bits per heavy atom. The van der Waals surface area contributed by atoms with Crippen LogP contribution in [0.3, 0.4) is 0 Å². The van der Waals surface area contributed by atoms with Crippen molar-refractivity contribution < 1.29 is 9.21 Å². The minimum absolute atomic E-state index is 0.229. The summed E-state index contributed by atoms with van der Waals surface area (Å²) in [5.41, 5.74) is 17.8. The summed E-state index contributed by atoms with van der Waals surface area (Å²) in [4.78, 5) is 14.2. The maximum absolute atomic E-state index is 12.4. The van der Waals surface area contributed by atoms with Crippen LogP contribution in [-0.2, 0) is 11.3 Å². The zero-order valence-corrected chi connectivity index (χ0v) is 20.0. The molecule has 32 heavy (non-hydrogen) atoms. The second kappa shape index (κ2) is 8.87. The first-order valence-electron chi connectivity index (χ1n) is 10.8. The van der Waals surface area contributed by atoms with E-state index in [1.807, 2.05) is 36.1 Å². The number of nitrogens with zero attached hydrogens (tertiary/aromatic N) is 1. The van der Waals surface area contributed by atoms with Crippen LogP contribution >= 0.6 is 15.9 Å². The molecule has 1 heterocycles. The highest BCUT2D eigenvalue weighted by Gasteiger charge is 2.31. The molecule has 3 aromatic rings. The molecule has 1 saturated carbocycles. The first-order valence-corrected chi connectivity index (χ1v) is 11.6. The number of amides is 1. The number of benzene rings is 2. The summed E-state index contributed by atoms with van der Waals surface area (Å²) in [5, 5.41) is 0.975. The maximum atomic E-state index is 12.4. The fraction of sp³-hybridized carbons (Fsp3) is 0.269. The van der Waals surface area contributed by atoms with Gasteiger partial charge in [0, 0.05) is 34.8 Å². The van der Waals surface area contributed by atoms with E-state index < -0.39 is 5.91 Å². The summed E-state index contributed by atoms with van der Waals surface area (Å²) >= 11 is 3.74. The first kappa shape index (κ1) is 22.2. The van der Waals surface area contributed by atoms with Gasteiger partial charge in [-0.05, 0) is 65.4 Å². The van der Waals surface area contributed by atoms with Gasteiger partial charge in [0.15, 0.2) is 0 Å². The molecule has 166 valence electrons. The normalized spacial score (nSPS) is 14.3. The number of furan rings is 1. The van der Waals surface area contributed by atoms with Gasteiger partial charge >= 0.3 is 0 Å². The van der Waals surface area contributed by atoms with Gasteiger partial charge in [-0.3, -0.25) is 4.79 Å². The summed E-state index contributed by atoms with van der Waals surface area (Å²) in [6.45, 7) is 8.69. The molecule has 1 aliphatic rings. The molecule has 1 amide bonds. The van der Waals surface area contributed by atoms with Gasteiger partial charge in [-0.1, -0.05) is 43.8 Å². The van der Waals surface area contributed by atoms with Crippen molar-refractivity contribution in [2.45, 2.75) is 39.7 Å². The van der Waals surface area contributed by atoms with Crippen molar-refractivity contribution in [2.24, 2.45) is 17.4 Å². The Kier molecular flexibility index (Phi) is 6.15. The van der Waals surface area contributed by atoms with Crippen molar-refractivity contribution in [3.8, 4) is 11.3 Å². The Balaban J connectivity index is 1.74. The van der Waals surface area contributed by atoms with E-state index in [4.69, 9.17) is 15.9 Å². The Hall–Kier alpha value is -2.99. The van der Waals surface area contributed by atoms with E-state index in [0.29, 0.717) is 24.4 Å². The molecule has 0 atom stereocenters. The van der Waals surface area contributed by atoms with E-state index in [-0.39, 0.29) is 5.92 Å². The number of carbonyl (C=O) groups excluding carboxylic acids is 1. The second-order valence-corrected chi connectivity index (χ2v) is 9.13. The number of carbonyl (C=O) groups is 1. The van der Waals surface area contributed by atoms with Gasteiger partial charge in [-0.2, -0.15) is 0 Å². The molecule has 6 heteroatoms. The minimum atomic E-state index is -0.517.